The van der Waals surface area contributed by atoms with Crippen molar-refractivity contribution in [2.75, 3.05) is 0 Å². The van der Waals surface area contributed by atoms with Crippen molar-refractivity contribution in [1.82, 2.24) is 0 Å². The molecule has 0 aromatic carbocycles. The molecule has 19 heteroatoms. The Bertz CT molecular complexity index is 207. The summed E-state index contributed by atoms with van der Waals surface area (Å²) in [7, 11) is -9.11. The fourth-order valence-electron chi connectivity index (χ4n) is 0.522. The molecule has 0 unspecified atom stereocenters. The van der Waals surface area contributed by atoms with Crippen molar-refractivity contribution in [3.05, 3.63) is 0 Å². The Kier molecular flexibility index (Phi) is 19.3. The van der Waals surface area contributed by atoms with Gasteiger partial charge in [-0.3, -0.25) is 0 Å². The van der Waals surface area contributed by atoms with E-state index in [-0.39, 0.29) is 53.7 Å². The fraction of sp³-hybridized carbons (Fsp3) is 0. The molecule has 0 spiro atoms. The van der Waals surface area contributed by atoms with E-state index in [4.69, 9.17) is 20.1 Å². The summed E-state index contributed by atoms with van der Waals surface area (Å²) < 4.78 is 39.0. The summed E-state index contributed by atoms with van der Waals surface area (Å²) in [6.07, 6.45) is 0. The molecule has 0 saturated heterocycles. The fourth-order valence-corrected chi connectivity index (χ4v) is 0.522. The molecule has 0 bridgehead atoms. The van der Waals surface area contributed by atoms with Gasteiger partial charge in [-0.1, -0.05) is 0 Å². The Morgan fingerprint density at radius 1 is 0.632 bits per heavy atom. The summed E-state index contributed by atoms with van der Waals surface area (Å²) in [4.78, 5) is 0. The van der Waals surface area contributed by atoms with Crippen LogP contribution in [0.2, 0.25) is 0 Å². The average Bonchev–Trinajstić information content (AvgIpc) is 2.16. The first-order chi connectivity index (χ1) is 7.99. The summed E-state index contributed by atoms with van der Waals surface area (Å²) >= 11 is 0. The first-order valence-corrected chi connectivity index (χ1v) is 3.86. The van der Waals surface area contributed by atoms with Gasteiger partial charge in [0.1, 0.15) is 0 Å². The number of rotatable bonds is 10. The minimum Gasteiger partial charge on any atom is 0 e. The van der Waals surface area contributed by atoms with Gasteiger partial charge in [0.15, 0.2) is 0 Å². The molecular formula is H4B6O11Zn2. The molecule has 0 atom stereocenters. The van der Waals surface area contributed by atoms with Crippen molar-refractivity contribution < 1.29 is 91.3 Å². The summed E-state index contributed by atoms with van der Waals surface area (Å²) in [5, 5.41) is 34.9. The van der Waals surface area contributed by atoms with Crippen LogP contribution in [0.1, 0.15) is 0 Å². The molecule has 11 nitrogen and oxygen atoms in total. The second-order valence-electron chi connectivity index (χ2n) is 2.10. The third kappa shape index (κ3) is 14.8. The summed E-state index contributed by atoms with van der Waals surface area (Å²) in [5.41, 5.74) is 0. The average molecular weight is 376 g/mol. The first-order valence-electron chi connectivity index (χ1n) is 3.86. The van der Waals surface area contributed by atoms with E-state index in [0.717, 1.165) is 0 Å². The van der Waals surface area contributed by atoms with Crippen LogP contribution in [0.4, 0.5) is 0 Å². The minimum absolute atomic E-state index is 0. The van der Waals surface area contributed by atoms with Crippen molar-refractivity contribution in [2.24, 2.45) is 0 Å². The van der Waals surface area contributed by atoms with Crippen LogP contribution in [0.25, 0.3) is 0 Å². The zero-order valence-corrected chi connectivity index (χ0v) is 15.5. The molecule has 0 amide bonds. The van der Waals surface area contributed by atoms with Gasteiger partial charge in [0, 0.05) is 39.0 Å². The normalized spacial score (nSPS) is 7.79. The van der Waals surface area contributed by atoms with E-state index in [1.165, 1.54) is 0 Å². The summed E-state index contributed by atoms with van der Waals surface area (Å²) in [5.74, 6) is 0. The SMILES string of the molecule is O=BOB(O)OB(O)OB(O)OB(O)OB=O.[Zn].[Zn]. The molecule has 19 heavy (non-hydrogen) atoms. The van der Waals surface area contributed by atoms with Gasteiger partial charge in [0.25, 0.3) is 0 Å². The van der Waals surface area contributed by atoms with E-state index < -0.39 is 29.3 Å². The van der Waals surface area contributed by atoms with Crippen molar-refractivity contribution in [1.29, 1.82) is 0 Å². The molecule has 0 aromatic rings. The maximum atomic E-state index is 9.69. The Morgan fingerprint density at radius 3 is 1.16 bits per heavy atom. The molecule has 0 aliphatic rings. The molecule has 0 heterocycles. The Morgan fingerprint density at radius 2 is 0.895 bits per heavy atom. The van der Waals surface area contributed by atoms with Crippen molar-refractivity contribution in [2.45, 2.75) is 0 Å². The van der Waals surface area contributed by atoms with Gasteiger partial charge >= 0.3 is 96.4 Å². The van der Waals surface area contributed by atoms with E-state index >= 15 is 0 Å². The van der Waals surface area contributed by atoms with Crippen molar-refractivity contribution >= 4 is 44.0 Å². The van der Waals surface area contributed by atoms with Gasteiger partial charge in [-0.2, -0.15) is 0 Å². The number of hydrogen-bond acceptors (Lipinski definition) is 11. The third-order valence-electron chi connectivity index (χ3n) is 1.04. The van der Waals surface area contributed by atoms with Crippen LogP contribution in [-0.2, 0) is 71.2 Å². The third-order valence-corrected chi connectivity index (χ3v) is 1.04. The van der Waals surface area contributed by atoms with Crippen LogP contribution in [0.3, 0.4) is 0 Å². The standard InChI is InChI=1S/B6H4O11.2Zn/c7-1-13-3(9)15-5(11)17-6(12)16-4(10)14-2-8;;/h9-12H;;. The molecule has 0 saturated carbocycles. The Balaban J connectivity index is -0.00000128. The van der Waals surface area contributed by atoms with E-state index in [1.807, 2.05) is 0 Å². The molecule has 4 N–H and O–H groups in total. The van der Waals surface area contributed by atoms with Crippen LogP contribution in [-0.4, -0.2) is 64.1 Å². The molecule has 0 rings (SSSR count). The van der Waals surface area contributed by atoms with E-state index in [1.54, 1.807) is 0 Å². The topological polar surface area (TPSA) is 161 Å². The van der Waals surface area contributed by atoms with Gasteiger partial charge in [-0.05, 0) is 0 Å². The molecule has 0 aromatic heterocycles. The van der Waals surface area contributed by atoms with Gasteiger partial charge in [0.2, 0.25) is 0 Å². The largest absolute Gasteiger partial charge is 0 e. The van der Waals surface area contributed by atoms with Gasteiger partial charge in [0.05, 0.1) is 0 Å². The predicted octanol–water partition coefficient (Wildman–Crippen LogP) is -5.10. The van der Waals surface area contributed by atoms with Crippen molar-refractivity contribution in [3.63, 3.8) is 0 Å². The molecule has 0 aliphatic heterocycles. The minimum atomic E-state index is -2.25. The zero-order chi connectivity index (χ0) is 13.3. The summed E-state index contributed by atoms with van der Waals surface area (Å²) in [6.45, 7) is 0. The summed E-state index contributed by atoms with van der Waals surface area (Å²) in [6, 6.07) is 0. The monoisotopic (exact) mass is 374 g/mol. The molecular weight excluding hydrogens is 372 g/mol. The van der Waals surface area contributed by atoms with E-state index in [9.17, 15) is 9.41 Å². The maximum Gasteiger partial charge on any atom is 0 e. The quantitative estimate of drug-likeness (QED) is 0.270. The second-order valence-corrected chi connectivity index (χ2v) is 2.10. The number of hydrogen-bond donors (Lipinski definition) is 4. The molecule has 0 aliphatic carbocycles. The van der Waals surface area contributed by atoms with Crippen LogP contribution < -0.4 is 0 Å². The van der Waals surface area contributed by atoms with E-state index in [0.29, 0.717) is 0 Å². The second kappa shape index (κ2) is 15.0. The van der Waals surface area contributed by atoms with Gasteiger partial charge in [-0.15, -0.1) is 0 Å². The van der Waals surface area contributed by atoms with Crippen LogP contribution in [0, 0.1) is 0 Å². The van der Waals surface area contributed by atoms with Crippen LogP contribution >= 0.6 is 0 Å². The Labute approximate surface area is 135 Å². The van der Waals surface area contributed by atoms with Gasteiger partial charge in [-0.25, -0.2) is 0 Å². The molecule has 92 valence electrons. The predicted molar refractivity (Wildman–Crippen MR) is 50.2 cm³/mol. The first kappa shape index (κ1) is 24.6. The zero-order valence-electron chi connectivity index (χ0n) is 9.52. The maximum absolute atomic E-state index is 9.69. The molecule has 0 radical (unpaired) electrons. The van der Waals surface area contributed by atoms with Gasteiger partial charge < -0.3 is 0 Å². The van der Waals surface area contributed by atoms with E-state index in [2.05, 4.69) is 22.9 Å². The smallest absolute Gasteiger partial charge is 0 e. The van der Waals surface area contributed by atoms with Crippen molar-refractivity contribution in [3.8, 4) is 0 Å². The van der Waals surface area contributed by atoms with Crippen LogP contribution in [0.15, 0.2) is 0 Å². The van der Waals surface area contributed by atoms with Crippen LogP contribution in [0.5, 0.6) is 0 Å². The molecule has 0 fully saturated rings. The Hall–Kier alpha value is 0.556.